The molecule has 0 unspecified atom stereocenters. The van der Waals surface area contributed by atoms with Crippen molar-refractivity contribution < 1.29 is 9.90 Å². The van der Waals surface area contributed by atoms with E-state index < -0.39 is 5.97 Å². The fraction of sp³-hybridized carbons (Fsp3) is 0.300. The highest BCUT2D eigenvalue weighted by Gasteiger charge is 2.15. The number of hydrogen-bond donors (Lipinski definition) is 3. The Morgan fingerprint density at radius 3 is 2.36 bits per heavy atom. The summed E-state index contributed by atoms with van der Waals surface area (Å²) in [5.74, 6) is -0.904. The molecule has 0 aliphatic rings. The summed E-state index contributed by atoms with van der Waals surface area (Å²) in [6, 6.07) is 3.01. The zero-order valence-corrected chi connectivity index (χ0v) is 8.24. The lowest BCUT2D eigenvalue weighted by Gasteiger charge is -2.14. The minimum absolute atomic E-state index is 0.114. The van der Waals surface area contributed by atoms with E-state index in [0.29, 0.717) is 11.3 Å². The van der Waals surface area contributed by atoms with Crippen molar-refractivity contribution in [3.05, 3.63) is 23.3 Å². The average Bonchev–Trinajstić information content (AvgIpc) is 2.02. The first kappa shape index (κ1) is 10.4. The summed E-state index contributed by atoms with van der Waals surface area (Å²) in [5, 5.41) is 8.84. The first-order valence-electron chi connectivity index (χ1n) is 4.36. The molecule has 1 aromatic carbocycles. The molecule has 0 spiro atoms. The zero-order valence-electron chi connectivity index (χ0n) is 8.24. The molecule has 76 valence electrons. The molecule has 0 aliphatic heterocycles. The number of nitrogens with two attached hydrogens (primary N) is 2. The average molecular weight is 194 g/mol. The Balaban J connectivity index is 3.41. The molecule has 0 aromatic heterocycles. The summed E-state index contributed by atoms with van der Waals surface area (Å²) in [6.45, 7) is 3.85. The van der Waals surface area contributed by atoms with E-state index in [0.717, 1.165) is 0 Å². The number of benzene rings is 1. The van der Waals surface area contributed by atoms with Gasteiger partial charge in [-0.3, -0.25) is 0 Å². The van der Waals surface area contributed by atoms with E-state index in [1.165, 1.54) is 6.07 Å². The topological polar surface area (TPSA) is 89.3 Å². The third kappa shape index (κ3) is 1.64. The van der Waals surface area contributed by atoms with Crippen molar-refractivity contribution in [3.63, 3.8) is 0 Å². The number of carboxylic acid groups (broad SMARTS) is 1. The lowest BCUT2D eigenvalue weighted by molar-refractivity contribution is 0.0698. The van der Waals surface area contributed by atoms with Gasteiger partial charge in [-0.2, -0.15) is 0 Å². The molecule has 0 radical (unpaired) electrons. The van der Waals surface area contributed by atoms with Crippen LogP contribution in [0.25, 0.3) is 0 Å². The Hall–Kier alpha value is -1.71. The van der Waals surface area contributed by atoms with E-state index in [-0.39, 0.29) is 17.2 Å². The molecule has 1 rings (SSSR count). The SMILES string of the molecule is CC(C)c1c(N)ccc(C(=O)O)c1N. The lowest BCUT2D eigenvalue weighted by Crippen LogP contribution is -2.09. The molecule has 4 nitrogen and oxygen atoms in total. The third-order valence-electron chi connectivity index (χ3n) is 2.13. The van der Waals surface area contributed by atoms with Crippen LogP contribution in [0.3, 0.4) is 0 Å². The van der Waals surface area contributed by atoms with Crippen LogP contribution in [0.15, 0.2) is 12.1 Å². The molecule has 0 saturated heterocycles. The summed E-state index contributed by atoms with van der Waals surface area (Å²) in [5.41, 5.74) is 13.1. The molecule has 14 heavy (non-hydrogen) atoms. The van der Waals surface area contributed by atoms with Gasteiger partial charge in [-0.05, 0) is 18.1 Å². The van der Waals surface area contributed by atoms with Crippen LogP contribution >= 0.6 is 0 Å². The van der Waals surface area contributed by atoms with Crippen LogP contribution < -0.4 is 11.5 Å². The third-order valence-corrected chi connectivity index (χ3v) is 2.13. The first-order chi connectivity index (χ1) is 6.45. The second-order valence-electron chi connectivity index (χ2n) is 3.49. The quantitative estimate of drug-likeness (QED) is 0.625. The number of carbonyl (C=O) groups is 1. The lowest BCUT2D eigenvalue weighted by atomic mass is 9.96. The number of anilines is 2. The maximum absolute atomic E-state index is 10.8. The smallest absolute Gasteiger partial charge is 0.337 e. The monoisotopic (exact) mass is 194 g/mol. The standard InChI is InChI=1S/C10H14N2O2/c1-5(2)8-7(11)4-3-6(9(8)12)10(13)14/h3-5H,11-12H2,1-2H3,(H,13,14). The highest BCUT2D eigenvalue weighted by atomic mass is 16.4. The van der Waals surface area contributed by atoms with Gasteiger partial charge >= 0.3 is 5.97 Å². The van der Waals surface area contributed by atoms with Gasteiger partial charge in [0.15, 0.2) is 0 Å². The van der Waals surface area contributed by atoms with Gasteiger partial charge < -0.3 is 16.6 Å². The van der Waals surface area contributed by atoms with E-state index in [4.69, 9.17) is 16.6 Å². The van der Waals surface area contributed by atoms with Crippen LogP contribution in [0.4, 0.5) is 11.4 Å². The fourth-order valence-corrected chi connectivity index (χ4v) is 1.48. The molecule has 4 heteroatoms. The van der Waals surface area contributed by atoms with Crippen LogP contribution in [0, 0.1) is 0 Å². The van der Waals surface area contributed by atoms with Crippen LogP contribution in [-0.2, 0) is 0 Å². The number of aromatic carboxylic acids is 1. The molecule has 0 saturated carbocycles. The summed E-state index contributed by atoms with van der Waals surface area (Å²) in [4.78, 5) is 10.8. The van der Waals surface area contributed by atoms with Gasteiger partial charge in [0.05, 0.1) is 11.3 Å². The van der Waals surface area contributed by atoms with Gasteiger partial charge in [0, 0.05) is 11.3 Å². The van der Waals surface area contributed by atoms with E-state index >= 15 is 0 Å². The number of nitrogen functional groups attached to an aromatic ring is 2. The molecule has 0 bridgehead atoms. The number of hydrogen-bond acceptors (Lipinski definition) is 3. The Labute approximate surface area is 82.5 Å². The van der Waals surface area contributed by atoms with Crippen molar-refractivity contribution >= 4 is 17.3 Å². The fourth-order valence-electron chi connectivity index (χ4n) is 1.48. The maximum atomic E-state index is 10.8. The Kier molecular flexibility index (Phi) is 2.65. The minimum Gasteiger partial charge on any atom is -0.478 e. The van der Waals surface area contributed by atoms with Crippen LogP contribution in [0.2, 0.25) is 0 Å². The molecule has 0 aliphatic carbocycles. The van der Waals surface area contributed by atoms with Gasteiger partial charge in [-0.15, -0.1) is 0 Å². The molecule has 1 aromatic rings. The highest BCUT2D eigenvalue weighted by Crippen LogP contribution is 2.30. The summed E-state index contributed by atoms with van der Waals surface area (Å²) in [7, 11) is 0. The van der Waals surface area contributed by atoms with Crippen molar-refractivity contribution in [1.82, 2.24) is 0 Å². The zero-order chi connectivity index (χ0) is 10.9. The largest absolute Gasteiger partial charge is 0.478 e. The molecule has 0 atom stereocenters. The van der Waals surface area contributed by atoms with Crippen molar-refractivity contribution in [2.45, 2.75) is 19.8 Å². The molecular formula is C10H14N2O2. The van der Waals surface area contributed by atoms with E-state index in [1.807, 2.05) is 13.8 Å². The van der Waals surface area contributed by atoms with Crippen molar-refractivity contribution in [2.75, 3.05) is 11.5 Å². The van der Waals surface area contributed by atoms with E-state index in [9.17, 15) is 4.79 Å². The van der Waals surface area contributed by atoms with Crippen LogP contribution in [0.1, 0.15) is 35.7 Å². The van der Waals surface area contributed by atoms with Crippen LogP contribution in [-0.4, -0.2) is 11.1 Å². The second-order valence-corrected chi connectivity index (χ2v) is 3.49. The Morgan fingerprint density at radius 1 is 1.36 bits per heavy atom. The van der Waals surface area contributed by atoms with E-state index in [1.54, 1.807) is 6.07 Å². The molecule has 0 amide bonds. The normalized spacial score (nSPS) is 10.5. The summed E-state index contributed by atoms with van der Waals surface area (Å²) >= 11 is 0. The van der Waals surface area contributed by atoms with Gasteiger partial charge in [-0.25, -0.2) is 4.79 Å². The predicted octanol–water partition coefficient (Wildman–Crippen LogP) is 1.67. The predicted molar refractivity (Wildman–Crippen MR) is 56.3 cm³/mol. The first-order valence-corrected chi connectivity index (χ1v) is 4.36. The summed E-state index contributed by atoms with van der Waals surface area (Å²) < 4.78 is 0. The number of rotatable bonds is 2. The van der Waals surface area contributed by atoms with Crippen molar-refractivity contribution in [3.8, 4) is 0 Å². The Bertz CT molecular complexity index is 373. The van der Waals surface area contributed by atoms with Crippen molar-refractivity contribution in [1.29, 1.82) is 0 Å². The highest BCUT2D eigenvalue weighted by molar-refractivity contribution is 5.95. The van der Waals surface area contributed by atoms with Gasteiger partial charge in [0.1, 0.15) is 0 Å². The summed E-state index contributed by atoms with van der Waals surface area (Å²) in [6.07, 6.45) is 0. The van der Waals surface area contributed by atoms with Crippen LogP contribution in [0.5, 0.6) is 0 Å². The minimum atomic E-state index is -1.02. The van der Waals surface area contributed by atoms with Gasteiger partial charge in [-0.1, -0.05) is 13.8 Å². The maximum Gasteiger partial charge on any atom is 0.337 e. The van der Waals surface area contributed by atoms with Gasteiger partial charge in [0.25, 0.3) is 0 Å². The Morgan fingerprint density at radius 2 is 1.93 bits per heavy atom. The molecule has 5 N–H and O–H groups in total. The second kappa shape index (κ2) is 3.57. The van der Waals surface area contributed by atoms with Crippen molar-refractivity contribution in [2.24, 2.45) is 0 Å². The number of carboxylic acids is 1. The molecular weight excluding hydrogens is 180 g/mol. The molecule has 0 fully saturated rings. The molecule has 0 heterocycles. The van der Waals surface area contributed by atoms with Gasteiger partial charge in [0.2, 0.25) is 0 Å². The van der Waals surface area contributed by atoms with E-state index in [2.05, 4.69) is 0 Å².